The van der Waals surface area contributed by atoms with Crippen LogP contribution in [0.2, 0.25) is 0 Å². The Labute approximate surface area is 141 Å². The lowest BCUT2D eigenvalue weighted by Crippen LogP contribution is -2.20. The summed E-state index contributed by atoms with van der Waals surface area (Å²) < 4.78 is 6.32. The molecule has 0 atom stereocenters. The highest BCUT2D eigenvalue weighted by atomic mass is 79.9. The van der Waals surface area contributed by atoms with E-state index in [4.69, 9.17) is 4.74 Å². The fourth-order valence-electron chi connectivity index (χ4n) is 2.12. The van der Waals surface area contributed by atoms with Gasteiger partial charge >= 0.3 is 0 Å². The van der Waals surface area contributed by atoms with E-state index < -0.39 is 10.8 Å². The number of aryl methyl sites for hydroxylation is 2. The molecule has 2 aromatic rings. The van der Waals surface area contributed by atoms with Crippen LogP contribution >= 0.6 is 15.9 Å². The Hall–Kier alpha value is -2.41. The second kappa shape index (κ2) is 7.23. The van der Waals surface area contributed by atoms with Crippen LogP contribution < -0.4 is 10.1 Å². The lowest BCUT2D eigenvalue weighted by molar-refractivity contribution is -0.384. The first-order valence-corrected chi connectivity index (χ1v) is 7.60. The van der Waals surface area contributed by atoms with E-state index in [2.05, 4.69) is 21.2 Å². The number of rotatable bonds is 5. The molecule has 0 fully saturated rings. The monoisotopic (exact) mass is 378 g/mol. The van der Waals surface area contributed by atoms with Gasteiger partial charge in [-0.1, -0.05) is 12.1 Å². The zero-order chi connectivity index (χ0) is 17.0. The number of carbonyl (C=O) groups excluding carboxylic acids is 1. The van der Waals surface area contributed by atoms with Crippen molar-refractivity contribution in [2.24, 2.45) is 0 Å². The number of halogens is 1. The van der Waals surface area contributed by atoms with Crippen molar-refractivity contribution < 1.29 is 14.5 Å². The Morgan fingerprint density at radius 1 is 1.30 bits per heavy atom. The van der Waals surface area contributed by atoms with Crippen molar-refractivity contribution in [1.82, 2.24) is 0 Å². The molecular weight excluding hydrogens is 364 g/mol. The molecule has 7 heteroatoms. The topological polar surface area (TPSA) is 81.5 Å². The highest BCUT2D eigenvalue weighted by molar-refractivity contribution is 9.10. The number of ether oxygens (including phenoxy) is 1. The van der Waals surface area contributed by atoms with E-state index in [1.54, 1.807) is 6.07 Å². The number of nitro benzene ring substituents is 1. The van der Waals surface area contributed by atoms with Gasteiger partial charge in [0.15, 0.2) is 6.61 Å². The molecule has 1 N–H and O–H groups in total. The molecule has 0 aliphatic heterocycles. The van der Waals surface area contributed by atoms with E-state index in [9.17, 15) is 14.9 Å². The maximum Gasteiger partial charge on any atom is 0.271 e. The van der Waals surface area contributed by atoms with Crippen LogP contribution in [0.5, 0.6) is 5.75 Å². The Morgan fingerprint density at radius 3 is 2.70 bits per heavy atom. The summed E-state index contributed by atoms with van der Waals surface area (Å²) in [4.78, 5) is 22.1. The molecule has 23 heavy (non-hydrogen) atoms. The smallest absolute Gasteiger partial charge is 0.271 e. The number of non-ortho nitro benzene ring substituents is 1. The highest BCUT2D eigenvalue weighted by Crippen LogP contribution is 2.30. The first-order valence-electron chi connectivity index (χ1n) is 6.80. The molecule has 0 heterocycles. The van der Waals surface area contributed by atoms with E-state index in [0.717, 1.165) is 15.6 Å². The molecule has 2 rings (SSSR count). The van der Waals surface area contributed by atoms with E-state index in [1.807, 2.05) is 26.0 Å². The summed E-state index contributed by atoms with van der Waals surface area (Å²) in [5.74, 6) is 0.210. The number of hydrogen-bond donors (Lipinski definition) is 1. The van der Waals surface area contributed by atoms with Gasteiger partial charge < -0.3 is 10.1 Å². The van der Waals surface area contributed by atoms with Crippen LogP contribution in [0.25, 0.3) is 0 Å². The second-order valence-electron chi connectivity index (χ2n) is 5.04. The number of nitro groups is 1. The minimum Gasteiger partial charge on any atom is -0.482 e. The number of benzene rings is 2. The summed E-state index contributed by atoms with van der Waals surface area (Å²) in [7, 11) is 0. The lowest BCUT2D eigenvalue weighted by atomic mass is 10.1. The summed E-state index contributed by atoms with van der Waals surface area (Å²) in [6, 6.07) is 9.61. The van der Waals surface area contributed by atoms with E-state index in [1.165, 1.54) is 18.2 Å². The predicted octanol–water partition coefficient (Wildman–Crippen LogP) is 3.99. The zero-order valence-corrected chi connectivity index (χ0v) is 14.2. The number of carbonyl (C=O) groups is 1. The number of amides is 1. The molecule has 0 saturated heterocycles. The molecule has 0 aliphatic carbocycles. The summed E-state index contributed by atoms with van der Waals surface area (Å²) in [5.41, 5.74) is 2.27. The van der Waals surface area contributed by atoms with Crippen molar-refractivity contribution in [3.63, 3.8) is 0 Å². The van der Waals surface area contributed by atoms with Gasteiger partial charge in [0.05, 0.1) is 9.40 Å². The van der Waals surface area contributed by atoms with Crippen LogP contribution in [0, 0.1) is 24.0 Å². The first kappa shape index (κ1) is 17.0. The Bertz CT molecular complexity index is 738. The van der Waals surface area contributed by atoms with Crippen molar-refractivity contribution >= 4 is 33.2 Å². The average Bonchev–Trinajstić information content (AvgIpc) is 2.46. The second-order valence-corrected chi connectivity index (χ2v) is 5.89. The summed E-state index contributed by atoms with van der Waals surface area (Å²) in [5, 5.41) is 13.3. The van der Waals surface area contributed by atoms with Crippen molar-refractivity contribution in [1.29, 1.82) is 0 Å². The third-order valence-electron chi connectivity index (χ3n) is 3.06. The van der Waals surface area contributed by atoms with Gasteiger partial charge in [-0.2, -0.15) is 0 Å². The van der Waals surface area contributed by atoms with Crippen molar-refractivity contribution in [2.45, 2.75) is 13.8 Å². The summed E-state index contributed by atoms with van der Waals surface area (Å²) in [6.45, 7) is 3.67. The molecule has 0 bridgehead atoms. The molecule has 6 nitrogen and oxygen atoms in total. The number of nitrogens with zero attached hydrogens (tertiary/aromatic N) is 1. The van der Waals surface area contributed by atoms with Gasteiger partial charge in [0, 0.05) is 17.8 Å². The quantitative estimate of drug-likeness (QED) is 0.629. The van der Waals surface area contributed by atoms with Crippen molar-refractivity contribution in [2.75, 3.05) is 11.9 Å². The van der Waals surface area contributed by atoms with E-state index in [0.29, 0.717) is 11.4 Å². The van der Waals surface area contributed by atoms with E-state index in [-0.39, 0.29) is 12.3 Å². The Balaban J connectivity index is 2.01. The van der Waals surface area contributed by atoms with Gasteiger partial charge in [0.25, 0.3) is 11.6 Å². The summed E-state index contributed by atoms with van der Waals surface area (Å²) >= 11 is 3.41. The molecule has 0 unspecified atom stereocenters. The number of nitrogens with one attached hydrogen (secondary N) is 1. The summed E-state index contributed by atoms with van der Waals surface area (Å²) in [6.07, 6.45) is 0. The lowest BCUT2D eigenvalue weighted by Gasteiger charge is -2.12. The van der Waals surface area contributed by atoms with Gasteiger partial charge in [-0.25, -0.2) is 0 Å². The minimum atomic E-state index is -0.515. The Morgan fingerprint density at radius 2 is 2.04 bits per heavy atom. The fraction of sp³-hybridized carbons (Fsp3) is 0.188. The van der Waals surface area contributed by atoms with Crippen molar-refractivity contribution in [3.8, 4) is 5.75 Å². The third kappa shape index (κ3) is 4.53. The van der Waals surface area contributed by atoms with Crippen molar-refractivity contribution in [3.05, 3.63) is 62.1 Å². The highest BCUT2D eigenvalue weighted by Gasteiger charge is 2.11. The standard InChI is InChI=1S/C16H15BrN2O4/c1-10-6-11(2)16(14(17)7-10)23-9-15(20)18-12-4-3-5-13(8-12)19(21)22/h3-8H,9H2,1-2H3,(H,18,20). The maximum atomic E-state index is 11.9. The fourth-order valence-corrected chi connectivity index (χ4v) is 2.91. The molecule has 0 aromatic heterocycles. The molecule has 1 amide bonds. The van der Waals surface area contributed by atoms with Gasteiger partial charge in [-0.15, -0.1) is 0 Å². The maximum absolute atomic E-state index is 11.9. The van der Waals surface area contributed by atoms with Crippen LogP contribution in [0.15, 0.2) is 40.9 Å². The average molecular weight is 379 g/mol. The van der Waals surface area contributed by atoms with Crippen LogP contribution in [0.4, 0.5) is 11.4 Å². The van der Waals surface area contributed by atoms with Crippen LogP contribution in [0.3, 0.4) is 0 Å². The molecule has 120 valence electrons. The number of anilines is 1. The van der Waals surface area contributed by atoms with Crippen LogP contribution in [-0.2, 0) is 4.79 Å². The first-order chi connectivity index (χ1) is 10.9. The zero-order valence-electron chi connectivity index (χ0n) is 12.6. The predicted molar refractivity (Wildman–Crippen MR) is 90.8 cm³/mol. The molecular formula is C16H15BrN2O4. The van der Waals surface area contributed by atoms with Gasteiger partial charge in [0.2, 0.25) is 0 Å². The SMILES string of the molecule is Cc1cc(C)c(OCC(=O)Nc2cccc([N+](=O)[O-])c2)c(Br)c1. The molecule has 0 saturated carbocycles. The minimum absolute atomic E-state index is 0.0826. The normalized spacial score (nSPS) is 10.2. The van der Waals surface area contributed by atoms with Gasteiger partial charge in [-0.05, 0) is 53.0 Å². The molecule has 0 aliphatic rings. The van der Waals surface area contributed by atoms with E-state index >= 15 is 0 Å². The third-order valence-corrected chi connectivity index (χ3v) is 3.65. The Kier molecular flexibility index (Phi) is 5.33. The van der Waals surface area contributed by atoms with Crippen LogP contribution in [-0.4, -0.2) is 17.4 Å². The molecule has 2 aromatic carbocycles. The molecule has 0 radical (unpaired) electrons. The van der Waals surface area contributed by atoms with Gasteiger partial charge in [0.1, 0.15) is 5.75 Å². The largest absolute Gasteiger partial charge is 0.482 e. The molecule has 0 spiro atoms. The van der Waals surface area contributed by atoms with Crippen LogP contribution in [0.1, 0.15) is 11.1 Å². The van der Waals surface area contributed by atoms with Gasteiger partial charge in [-0.3, -0.25) is 14.9 Å². The number of hydrogen-bond acceptors (Lipinski definition) is 4.